The maximum atomic E-state index is 12.3. The summed E-state index contributed by atoms with van der Waals surface area (Å²) >= 11 is 6.18. The van der Waals surface area contributed by atoms with E-state index in [0.29, 0.717) is 41.7 Å². The van der Waals surface area contributed by atoms with Crippen molar-refractivity contribution in [1.82, 2.24) is 0 Å². The first-order valence-corrected chi connectivity index (χ1v) is 6.87. The van der Waals surface area contributed by atoms with Crippen LogP contribution in [0.25, 0.3) is 0 Å². The van der Waals surface area contributed by atoms with E-state index in [1.54, 1.807) is 12.1 Å². The Morgan fingerprint density at radius 2 is 1.79 bits per heavy atom. The molecule has 1 aromatic carbocycles. The molecule has 0 atom stereocenters. The smallest absolute Gasteiger partial charge is 0.165 e. The molecule has 0 spiro atoms. The molecule has 0 aliphatic carbocycles. The second-order valence-electron chi connectivity index (χ2n) is 5.99. The second kappa shape index (κ2) is 5.41. The third kappa shape index (κ3) is 3.63. The zero-order chi connectivity index (χ0) is 14.0. The van der Waals surface area contributed by atoms with Gasteiger partial charge in [0.2, 0.25) is 0 Å². The Balaban J connectivity index is 2.31. The quantitative estimate of drug-likeness (QED) is 0.766. The highest BCUT2D eigenvalue weighted by Gasteiger charge is 2.22. The van der Waals surface area contributed by atoms with E-state index >= 15 is 0 Å². The molecule has 0 saturated carbocycles. The maximum absolute atomic E-state index is 12.3. The Morgan fingerprint density at radius 1 is 1.21 bits per heavy atom. The van der Waals surface area contributed by atoms with E-state index in [2.05, 4.69) is 0 Å². The summed E-state index contributed by atoms with van der Waals surface area (Å²) in [7, 11) is 0. The van der Waals surface area contributed by atoms with Crippen molar-refractivity contribution in [1.29, 1.82) is 0 Å². The van der Waals surface area contributed by atoms with Gasteiger partial charge in [0.05, 0.1) is 18.2 Å². The molecule has 0 amide bonds. The van der Waals surface area contributed by atoms with Crippen LogP contribution in [0.4, 0.5) is 0 Å². The van der Waals surface area contributed by atoms with Crippen molar-refractivity contribution >= 4 is 17.4 Å². The van der Waals surface area contributed by atoms with Crippen molar-refractivity contribution in [3.63, 3.8) is 0 Å². The van der Waals surface area contributed by atoms with Crippen LogP contribution in [0.3, 0.4) is 0 Å². The molecule has 4 heteroatoms. The molecule has 1 heterocycles. The Bertz CT molecular complexity index is 489. The highest BCUT2D eigenvalue weighted by molar-refractivity contribution is 6.34. The number of hydrogen-bond donors (Lipinski definition) is 0. The number of benzene rings is 1. The van der Waals surface area contributed by atoms with Crippen LogP contribution in [0.15, 0.2) is 12.1 Å². The topological polar surface area (TPSA) is 35.5 Å². The van der Waals surface area contributed by atoms with Gasteiger partial charge in [-0.3, -0.25) is 4.79 Å². The van der Waals surface area contributed by atoms with E-state index in [0.717, 1.165) is 6.42 Å². The molecule has 0 radical (unpaired) electrons. The SMILES string of the molecule is CC(C)(C)CC(=O)c1cc2c(cc1Cl)OCCCO2. The molecule has 1 aliphatic rings. The maximum Gasteiger partial charge on any atom is 0.165 e. The van der Waals surface area contributed by atoms with Gasteiger partial charge in [-0.2, -0.15) is 0 Å². The lowest BCUT2D eigenvalue weighted by atomic mass is 9.88. The van der Waals surface area contributed by atoms with Gasteiger partial charge in [0.15, 0.2) is 17.3 Å². The largest absolute Gasteiger partial charge is 0.490 e. The predicted molar refractivity (Wildman–Crippen MR) is 75.5 cm³/mol. The molecule has 104 valence electrons. The van der Waals surface area contributed by atoms with E-state index in [1.165, 1.54) is 0 Å². The number of hydrogen-bond acceptors (Lipinski definition) is 3. The van der Waals surface area contributed by atoms with Crippen molar-refractivity contribution in [2.24, 2.45) is 5.41 Å². The summed E-state index contributed by atoms with van der Waals surface area (Å²) in [5.41, 5.74) is 0.450. The van der Waals surface area contributed by atoms with Gasteiger partial charge in [0.1, 0.15) is 0 Å². The van der Waals surface area contributed by atoms with Crippen molar-refractivity contribution in [2.45, 2.75) is 33.6 Å². The molecule has 0 fully saturated rings. The van der Waals surface area contributed by atoms with Crippen molar-refractivity contribution < 1.29 is 14.3 Å². The number of fused-ring (bicyclic) bond motifs is 1. The van der Waals surface area contributed by atoms with Crippen LogP contribution in [-0.4, -0.2) is 19.0 Å². The zero-order valence-corrected chi connectivity index (χ0v) is 12.3. The van der Waals surface area contributed by atoms with Gasteiger partial charge in [-0.1, -0.05) is 32.4 Å². The average Bonchev–Trinajstić information content (AvgIpc) is 2.50. The number of halogens is 1. The first-order valence-electron chi connectivity index (χ1n) is 6.49. The molecule has 0 bridgehead atoms. The summed E-state index contributed by atoms with van der Waals surface area (Å²) in [6.07, 6.45) is 1.28. The van der Waals surface area contributed by atoms with Crippen molar-refractivity contribution in [2.75, 3.05) is 13.2 Å². The molecule has 1 aliphatic heterocycles. The molecular weight excluding hydrogens is 264 g/mol. The van der Waals surface area contributed by atoms with Gasteiger partial charge < -0.3 is 9.47 Å². The Kier molecular flexibility index (Phi) is 4.04. The van der Waals surface area contributed by atoms with Gasteiger partial charge in [-0.25, -0.2) is 0 Å². The molecule has 2 rings (SSSR count). The standard InChI is InChI=1S/C15H19ClO3/c1-15(2,3)9-12(17)10-7-13-14(8-11(10)16)19-6-4-5-18-13/h7-8H,4-6,9H2,1-3H3. The molecule has 0 saturated heterocycles. The minimum Gasteiger partial charge on any atom is -0.490 e. The van der Waals surface area contributed by atoms with E-state index in [-0.39, 0.29) is 11.2 Å². The molecule has 0 N–H and O–H groups in total. The number of carbonyl (C=O) groups is 1. The van der Waals surface area contributed by atoms with Crippen molar-refractivity contribution in [3.8, 4) is 11.5 Å². The lowest BCUT2D eigenvalue weighted by Gasteiger charge is -2.18. The Labute approximate surface area is 118 Å². The first-order chi connectivity index (χ1) is 8.87. The third-order valence-electron chi connectivity index (χ3n) is 2.83. The summed E-state index contributed by atoms with van der Waals surface area (Å²) in [5.74, 6) is 1.27. The summed E-state index contributed by atoms with van der Waals surface area (Å²) < 4.78 is 11.1. The molecule has 1 aromatic rings. The Hall–Kier alpha value is -1.22. The van der Waals surface area contributed by atoms with E-state index < -0.39 is 0 Å². The molecular formula is C15H19ClO3. The van der Waals surface area contributed by atoms with E-state index in [9.17, 15) is 4.79 Å². The zero-order valence-electron chi connectivity index (χ0n) is 11.6. The number of Topliss-reactive ketones (excluding diaryl/α,β-unsaturated/α-hetero) is 1. The van der Waals surface area contributed by atoms with Crippen LogP contribution in [0, 0.1) is 5.41 Å². The summed E-state index contributed by atoms with van der Waals surface area (Å²) in [5, 5.41) is 0.429. The Morgan fingerprint density at radius 3 is 2.37 bits per heavy atom. The van der Waals surface area contributed by atoms with Crippen LogP contribution in [0.1, 0.15) is 44.0 Å². The van der Waals surface area contributed by atoms with Crippen LogP contribution in [0.5, 0.6) is 11.5 Å². The summed E-state index contributed by atoms with van der Waals surface area (Å²) in [6.45, 7) is 7.30. The van der Waals surface area contributed by atoms with Gasteiger partial charge in [0, 0.05) is 24.5 Å². The fourth-order valence-corrected chi connectivity index (χ4v) is 2.23. The van der Waals surface area contributed by atoms with Crippen LogP contribution in [0.2, 0.25) is 5.02 Å². The summed E-state index contributed by atoms with van der Waals surface area (Å²) in [4.78, 5) is 12.3. The number of rotatable bonds is 2. The predicted octanol–water partition coefficient (Wildman–Crippen LogP) is 4.12. The lowest BCUT2D eigenvalue weighted by molar-refractivity contribution is 0.0939. The van der Waals surface area contributed by atoms with Gasteiger partial charge in [-0.05, 0) is 11.5 Å². The molecule has 0 unspecified atom stereocenters. The average molecular weight is 283 g/mol. The fourth-order valence-electron chi connectivity index (χ4n) is 1.97. The number of ether oxygens (including phenoxy) is 2. The highest BCUT2D eigenvalue weighted by atomic mass is 35.5. The van der Waals surface area contributed by atoms with Gasteiger partial charge in [0.25, 0.3) is 0 Å². The van der Waals surface area contributed by atoms with Crippen LogP contribution >= 0.6 is 11.6 Å². The molecule has 19 heavy (non-hydrogen) atoms. The molecule has 3 nitrogen and oxygen atoms in total. The second-order valence-corrected chi connectivity index (χ2v) is 6.40. The van der Waals surface area contributed by atoms with E-state index in [1.807, 2.05) is 20.8 Å². The fraction of sp³-hybridized carbons (Fsp3) is 0.533. The van der Waals surface area contributed by atoms with Gasteiger partial charge >= 0.3 is 0 Å². The highest BCUT2D eigenvalue weighted by Crippen LogP contribution is 2.36. The molecule has 0 aromatic heterocycles. The summed E-state index contributed by atoms with van der Waals surface area (Å²) in [6, 6.07) is 3.38. The van der Waals surface area contributed by atoms with Gasteiger partial charge in [-0.15, -0.1) is 0 Å². The van der Waals surface area contributed by atoms with Crippen molar-refractivity contribution in [3.05, 3.63) is 22.7 Å². The third-order valence-corrected chi connectivity index (χ3v) is 3.14. The van der Waals surface area contributed by atoms with Crippen LogP contribution in [-0.2, 0) is 0 Å². The minimum atomic E-state index is -0.0649. The first kappa shape index (κ1) is 14.2. The van der Waals surface area contributed by atoms with E-state index in [4.69, 9.17) is 21.1 Å². The minimum absolute atomic E-state index is 0.0353. The monoisotopic (exact) mass is 282 g/mol. The lowest BCUT2D eigenvalue weighted by Crippen LogP contribution is -2.13. The normalized spacial score (nSPS) is 14.9. The number of carbonyl (C=O) groups excluding carboxylic acids is 1. The number of ketones is 1. The van der Waals surface area contributed by atoms with Crippen LogP contribution < -0.4 is 9.47 Å².